The Balaban J connectivity index is 2.00. The lowest BCUT2D eigenvalue weighted by molar-refractivity contribution is -0.122. The Labute approximate surface area is 133 Å². The summed E-state index contributed by atoms with van der Waals surface area (Å²) in [5.74, 6) is 0.407. The van der Waals surface area contributed by atoms with E-state index in [1.165, 1.54) is 0 Å². The highest BCUT2D eigenvalue weighted by Crippen LogP contribution is 2.23. The smallest absolute Gasteiger partial charge is 0.265 e. The van der Waals surface area contributed by atoms with Crippen LogP contribution in [0, 0.1) is 6.92 Å². The molecule has 2 aromatic carbocycles. The van der Waals surface area contributed by atoms with Crippen LogP contribution in [0.4, 0.5) is 5.69 Å². The van der Waals surface area contributed by atoms with Gasteiger partial charge in [0.1, 0.15) is 5.75 Å². The van der Waals surface area contributed by atoms with Crippen LogP contribution in [-0.2, 0) is 4.79 Å². The average Bonchev–Trinajstić information content (AvgIpc) is 2.44. The highest BCUT2D eigenvalue weighted by Gasteiger charge is 2.15. The first kappa shape index (κ1) is 15.7. The van der Waals surface area contributed by atoms with E-state index in [9.17, 15) is 4.79 Å². The number of nitrogens with one attached hydrogen (secondary N) is 1. The van der Waals surface area contributed by atoms with E-state index in [1.54, 1.807) is 49.4 Å². The van der Waals surface area contributed by atoms with Gasteiger partial charge < -0.3 is 10.1 Å². The molecular weight excluding hydrogens is 309 g/mol. The number of hydrogen-bond acceptors (Lipinski definition) is 2. The first-order chi connectivity index (χ1) is 9.95. The molecule has 0 saturated heterocycles. The minimum atomic E-state index is -0.624. The first-order valence-electron chi connectivity index (χ1n) is 6.45. The van der Waals surface area contributed by atoms with Crippen molar-refractivity contribution in [1.82, 2.24) is 0 Å². The standard InChI is InChI=1S/C16H15Cl2NO2/c1-10-9-13(18)5-8-15(10)21-11(2)16(20)19-14-6-3-12(17)4-7-14/h3-9,11H,1-2H3,(H,19,20)/t11-/m1/s1. The molecule has 0 spiro atoms. The van der Waals surface area contributed by atoms with Gasteiger partial charge in [0.25, 0.3) is 5.91 Å². The van der Waals surface area contributed by atoms with E-state index in [2.05, 4.69) is 5.32 Å². The van der Waals surface area contributed by atoms with Crippen LogP contribution in [-0.4, -0.2) is 12.0 Å². The van der Waals surface area contributed by atoms with Gasteiger partial charge in [0, 0.05) is 15.7 Å². The Kier molecular flexibility index (Phi) is 5.10. The number of ether oxygens (including phenoxy) is 1. The predicted molar refractivity (Wildman–Crippen MR) is 86.4 cm³/mol. The van der Waals surface area contributed by atoms with E-state index in [1.807, 2.05) is 6.92 Å². The summed E-state index contributed by atoms with van der Waals surface area (Å²) >= 11 is 11.7. The second-order valence-corrected chi connectivity index (χ2v) is 5.54. The van der Waals surface area contributed by atoms with E-state index in [-0.39, 0.29) is 5.91 Å². The fraction of sp³-hybridized carbons (Fsp3) is 0.188. The fourth-order valence-corrected chi connectivity index (χ4v) is 2.12. The maximum absolute atomic E-state index is 12.1. The highest BCUT2D eigenvalue weighted by molar-refractivity contribution is 6.31. The van der Waals surface area contributed by atoms with Crippen LogP contribution >= 0.6 is 23.2 Å². The largest absolute Gasteiger partial charge is 0.481 e. The van der Waals surface area contributed by atoms with Crippen molar-refractivity contribution in [2.45, 2.75) is 20.0 Å². The zero-order valence-electron chi connectivity index (χ0n) is 11.7. The normalized spacial score (nSPS) is 11.8. The van der Waals surface area contributed by atoms with Crippen LogP contribution in [0.5, 0.6) is 5.75 Å². The van der Waals surface area contributed by atoms with Gasteiger partial charge in [-0.05, 0) is 61.9 Å². The maximum atomic E-state index is 12.1. The Morgan fingerprint density at radius 1 is 1.10 bits per heavy atom. The Hall–Kier alpha value is -1.71. The molecule has 2 rings (SSSR count). The zero-order chi connectivity index (χ0) is 15.4. The molecule has 1 N–H and O–H groups in total. The molecule has 0 unspecified atom stereocenters. The van der Waals surface area contributed by atoms with Gasteiger partial charge in [-0.3, -0.25) is 4.79 Å². The van der Waals surface area contributed by atoms with E-state index in [4.69, 9.17) is 27.9 Å². The molecule has 0 saturated carbocycles. The van der Waals surface area contributed by atoms with Gasteiger partial charge in [-0.2, -0.15) is 0 Å². The average molecular weight is 324 g/mol. The molecule has 0 fully saturated rings. The molecule has 21 heavy (non-hydrogen) atoms. The molecule has 0 aromatic heterocycles. The van der Waals surface area contributed by atoms with E-state index in [0.29, 0.717) is 21.5 Å². The third-order valence-corrected chi connectivity index (χ3v) is 3.41. The predicted octanol–water partition coefficient (Wildman–Crippen LogP) is 4.71. The number of amides is 1. The summed E-state index contributed by atoms with van der Waals surface area (Å²) < 4.78 is 5.66. The lowest BCUT2D eigenvalue weighted by Crippen LogP contribution is -2.30. The number of benzene rings is 2. The molecular formula is C16H15Cl2NO2. The Bertz CT molecular complexity index is 641. The van der Waals surface area contributed by atoms with Crippen molar-refractivity contribution in [3.8, 4) is 5.75 Å². The molecule has 0 aliphatic carbocycles. The van der Waals surface area contributed by atoms with Crippen LogP contribution in [0.25, 0.3) is 0 Å². The van der Waals surface area contributed by atoms with Gasteiger partial charge in [0.05, 0.1) is 0 Å². The van der Waals surface area contributed by atoms with Crippen molar-refractivity contribution < 1.29 is 9.53 Å². The third-order valence-electron chi connectivity index (χ3n) is 2.92. The molecule has 0 heterocycles. The van der Waals surface area contributed by atoms with Gasteiger partial charge in [-0.1, -0.05) is 23.2 Å². The maximum Gasteiger partial charge on any atom is 0.265 e. The van der Waals surface area contributed by atoms with Gasteiger partial charge in [0.15, 0.2) is 6.10 Å². The molecule has 0 bridgehead atoms. The Morgan fingerprint density at radius 2 is 1.71 bits per heavy atom. The summed E-state index contributed by atoms with van der Waals surface area (Å²) in [6.45, 7) is 3.57. The number of rotatable bonds is 4. The summed E-state index contributed by atoms with van der Waals surface area (Å²) in [5, 5.41) is 4.03. The fourth-order valence-electron chi connectivity index (χ4n) is 1.77. The van der Waals surface area contributed by atoms with Crippen molar-refractivity contribution in [3.63, 3.8) is 0 Å². The highest BCUT2D eigenvalue weighted by atomic mass is 35.5. The summed E-state index contributed by atoms with van der Waals surface area (Å²) in [6, 6.07) is 12.2. The molecule has 1 amide bonds. The topological polar surface area (TPSA) is 38.3 Å². The summed E-state index contributed by atoms with van der Waals surface area (Å²) in [7, 11) is 0. The van der Waals surface area contributed by atoms with Crippen molar-refractivity contribution in [3.05, 3.63) is 58.1 Å². The van der Waals surface area contributed by atoms with Gasteiger partial charge in [0.2, 0.25) is 0 Å². The Morgan fingerprint density at radius 3 is 2.33 bits per heavy atom. The summed E-state index contributed by atoms with van der Waals surface area (Å²) in [6.07, 6.45) is -0.624. The SMILES string of the molecule is Cc1cc(Cl)ccc1O[C@H](C)C(=O)Nc1ccc(Cl)cc1. The van der Waals surface area contributed by atoms with Crippen LogP contribution in [0.15, 0.2) is 42.5 Å². The van der Waals surface area contributed by atoms with Crippen molar-refractivity contribution >= 4 is 34.8 Å². The molecule has 5 heteroatoms. The number of halogens is 2. The molecule has 1 atom stereocenters. The summed E-state index contributed by atoms with van der Waals surface area (Å²) in [4.78, 5) is 12.1. The minimum absolute atomic E-state index is 0.230. The number of carbonyl (C=O) groups is 1. The second kappa shape index (κ2) is 6.83. The van der Waals surface area contributed by atoms with Crippen LogP contribution in [0.3, 0.4) is 0 Å². The van der Waals surface area contributed by atoms with Crippen molar-refractivity contribution in [2.75, 3.05) is 5.32 Å². The third kappa shape index (κ3) is 4.38. The van der Waals surface area contributed by atoms with Gasteiger partial charge in [-0.25, -0.2) is 0 Å². The molecule has 0 radical (unpaired) electrons. The quantitative estimate of drug-likeness (QED) is 0.885. The zero-order valence-corrected chi connectivity index (χ0v) is 13.2. The number of carbonyl (C=O) groups excluding carboxylic acids is 1. The molecule has 2 aromatic rings. The lowest BCUT2D eigenvalue weighted by Gasteiger charge is -2.16. The van der Waals surface area contributed by atoms with Crippen LogP contribution in [0.2, 0.25) is 10.0 Å². The van der Waals surface area contributed by atoms with E-state index in [0.717, 1.165) is 5.56 Å². The second-order valence-electron chi connectivity index (χ2n) is 4.67. The van der Waals surface area contributed by atoms with E-state index < -0.39 is 6.10 Å². The van der Waals surface area contributed by atoms with Gasteiger partial charge >= 0.3 is 0 Å². The van der Waals surface area contributed by atoms with Gasteiger partial charge in [-0.15, -0.1) is 0 Å². The van der Waals surface area contributed by atoms with E-state index >= 15 is 0 Å². The molecule has 0 aliphatic rings. The number of hydrogen-bond donors (Lipinski definition) is 1. The van der Waals surface area contributed by atoms with Crippen molar-refractivity contribution in [1.29, 1.82) is 0 Å². The molecule has 3 nitrogen and oxygen atoms in total. The van der Waals surface area contributed by atoms with Crippen LogP contribution < -0.4 is 10.1 Å². The monoisotopic (exact) mass is 323 g/mol. The van der Waals surface area contributed by atoms with Crippen LogP contribution in [0.1, 0.15) is 12.5 Å². The number of aryl methyl sites for hydroxylation is 1. The molecule has 0 aliphatic heterocycles. The van der Waals surface area contributed by atoms with Crippen molar-refractivity contribution in [2.24, 2.45) is 0 Å². The molecule has 110 valence electrons. The first-order valence-corrected chi connectivity index (χ1v) is 7.20. The summed E-state index contributed by atoms with van der Waals surface area (Å²) in [5.41, 5.74) is 1.56. The minimum Gasteiger partial charge on any atom is -0.481 e. The lowest BCUT2D eigenvalue weighted by atomic mass is 10.2. The number of anilines is 1.